The highest BCUT2D eigenvalue weighted by atomic mass is 32.2. The summed E-state index contributed by atoms with van der Waals surface area (Å²) in [4.78, 5) is 5.98. The van der Waals surface area contributed by atoms with E-state index in [-0.39, 0.29) is 0 Å². The molecule has 7 heteroatoms. The fraction of sp³-hybridized carbons (Fsp3) is 0.900. The van der Waals surface area contributed by atoms with Crippen LogP contribution in [0.2, 0.25) is 0 Å². The van der Waals surface area contributed by atoms with Gasteiger partial charge in [-0.25, -0.2) is 4.39 Å². The van der Waals surface area contributed by atoms with Gasteiger partial charge in [0.1, 0.15) is 23.7 Å². The van der Waals surface area contributed by atoms with Gasteiger partial charge in [-0.3, -0.25) is 4.99 Å². The summed E-state index contributed by atoms with van der Waals surface area (Å²) in [6.07, 6.45) is -4.64. The van der Waals surface area contributed by atoms with Crippen molar-refractivity contribution in [2.24, 2.45) is 4.99 Å². The highest BCUT2D eigenvalue weighted by Gasteiger charge is 2.50. The number of halogens is 1. The van der Waals surface area contributed by atoms with Gasteiger partial charge in [-0.1, -0.05) is 11.8 Å². The molecule has 0 aromatic rings. The van der Waals surface area contributed by atoms with E-state index < -0.39 is 36.0 Å². The second-order valence-electron chi connectivity index (χ2n) is 4.56. The maximum atomic E-state index is 14.0. The first-order valence-corrected chi connectivity index (χ1v) is 6.37. The number of fused-ring (bicyclic) bond motifs is 1. The summed E-state index contributed by atoms with van der Waals surface area (Å²) in [5.74, 6) is 0. The molecule has 0 amide bonds. The number of nitrogens with zero attached hydrogens (tertiary/aromatic N) is 2. The number of aliphatic hydroxyl groups is 2. The molecule has 98 valence electrons. The average molecular weight is 264 g/mol. The summed E-state index contributed by atoms with van der Waals surface area (Å²) in [7, 11) is 3.64. The Balaban J connectivity index is 2.15. The number of aliphatic imine (C=N–C) groups is 1. The molecule has 5 nitrogen and oxygen atoms in total. The number of aliphatic hydroxyl groups excluding tert-OH is 2. The zero-order valence-electron chi connectivity index (χ0n) is 9.95. The van der Waals surface area contributed by atoms with E-state index in [0.717, 1.165) is 0 Å². The van der Waals surface area contributed by atoms with Crippen LogP contribution in [0.3, 0.4) is 0 Å². The van der Waals surface area contributed by atoms with Crippen molar-refractivity contribution in [3.8, 4) is 0 Å². The van der Waals surface area contributed by atoms with Gasteiger partial charge >= 0.3 is 0 Å². The second kappa shape index (κ2) is 4.72. The van der Waals surface area contributed by atoms with Crippen LogP contribution in [0.5, 0.6) is 0 Å². The molecule has 6 atom stereocenters. The van der Waals surface area contributed by atoms with E-state index in [0.29, 0.717) is 5.17 Å². The molecule has 0 aromatic carbocycles. The van der Waals surface area contributed by atoms with E-state index >= 15 is 0 Å². The zero-order chi connectivity index (χ0) is 12.7. The van der Waals surface area contributed by atoms with E-state index in [2.05, 4.69) is 4.99 Å². The van der Waals surface area contributed by atoms with Crippen LogP contribution in [0.15, 0.2) is 4.99 Å². The molecule has 0 bridgehead atoms. The van der Waals surface area contributed by atoms with Gasteiger partial charge in [-0.05, 0) is 6.92 Å². The molecule has 2 heterocycles. The summed E-state index contributed by atoms with van der Waals surface area (Å²) >= 11 is 1.32. The molecule has 2 N–H and O–H groups in total. The Hall–Kier alpha value is -0.370. The molecule has 0 spiro atoms. The van der Waals surface area contributed by atoms with Crippen LogP contribution in [0, 0.1) is 0 Å². The Bertz CT molecular complexity index is 327. The predicted octanol–water partition coefficient (Wildman–Crippen LogP) is -0.176. The lowest BCUT2D eigenvalue weighted by Crippen LogP contribution is -2.56. The van der Waals surface area contributed by atoms with Crippen molar-refractivity contribution < 1.29 is 19.3 Å². The summed E-state index contributed by atoms with van der Waals surface area (Å²) in [5, 5.41) is 19.9. The van der Waals surface area contributed by atoms with Crippen LogP contribution in [0.25, 0.3) is 0 Å². The van der Waals surface area contributed by atoms with E-state index in [9.17, 15) is 14.6 Å². The smallest absolute Gasteiger partial charge is 0.161 e. The highest BCUT2D eigenvalue weighted by molar-refractivity contribution is 8.14. The zero-order valence-corrected chi connectivity index (χ0v) is 10.8. The first kappa shape index (κ1) is 13.1. The Kier molecular flexibility index (Phi) is 3.63. The SMILES string of the molecule is C[C@H](O)[C@H]1O[C@@H]2SC(N(C)C)=N[C@@H]2[C@H](F)[C@H]1O. The van der Waals surface area contributed by atoms with Crippen molar-refractivity contribution in [2.45, 2.75) is 42.9 Å². The van der Waals surface area contributed by atoms with Gasteiger partial charge in [0.15, 0.2) is 11.3 Å². The number of hydrogen-bond acceptors (Lipinski definition) is 6. The molecular formula is C10H17FN2O3S. The Morgan fingerprint density at radius 2 is 2.18 bits per heavy atom. The van der Waals surface area contributed by atoms with Gasteiger partial charge < -0.3 is 19.8 Å². The first-order valence-electron chi connectivity index (χ1n) is 5.49. The van der Waals surface area contributed by atoms with Gasteiger partial charge in [-0.2, -0.15) is 0 Å². The van der Waals surface area contributed by atoms with Gasteiger partial charge in [0, 0.05) is 14.1 Å². The second-order valence-corrected chi connectivity index (χ2v) is 5.62. The van der Waals surface area contributed by atoms with Crippen molar-refractivity contribution in [1.82, 2.24) is 4.90 Å². The molecule has 0 aliphatic carbocycles. The standard InChI is InChI=1S/C10H17FN2O3S/c1-4(14)8-7(15)5(11)6-9(16-8)17-10(12-6)13(2)3/h4-9,14-15H,1-3H3/t4-,5-,6+,7+,8+,9+/m0/s1. The Morgan fingerprint density at radius 3 is 2.71 bits per heavy atom. The lowest BCUT2D eigenvalue weighted by molar-refractivity contribution is -0.165. The summed E-state index contributed by atoms with van der Waals surface area (Å²) in [5.41, 5.74) is -0.467. The summed E-state index contributed by atoms with van der Waals surface area (Å²) < 4.78 is 19.5. The van der Waals surface area contributed by atoms with Gasteiger partial charge in [-0.15, -0.1) is 0 Å². The number of rotatable bonds is 1. The molecule has 2 aliphatic heterocycles. The quantitative estimate of drug-likeness (QED) is 0.688. The topological polar surface area (TPSA) is 65.3 Å². The number of ether oxygens (including phenoxy) is 1. The van der Waals surface area contributed by atoms with Crippen LogP contribution < -0.4 is 0 Å². The third-order valence-corrected chi connectivity index (χ3v) is 4.20. The molecular weight excluding hydrogens is 247 g/mol. The van der Waals surface area contributed by atoms with Crippen LogP contribution in [-0.4, -0.2) is 70.3 Å². The van der Waals surface area contributed by atoms with E-state index in [1.165, 1.54) is 18.7 Å². The monoisotopic (exact) mass is 264 g/mol. The number of hydrogen-bond donors (Lipinski definition) is 2. The Morgan fingerprint density at radius 1 is 1.53 bits per heavy atom. The van der Waals surface area contributed by atoms with Crippen molar-refractivity contribution >= 4 is 16.9 Å². The molecule has 2 rings (SSSR count). The molecule has 0 radical (unpaired) electrons. The lowest BCUT2D eigenvalue weighted by Gasteiger charge is -2.38. The van der Waals surface area contributed by atoms with Crippen molar-refractivity contribution in [2.75, 3.05) is 14.1 Å². The van der Waals surface area contributed by atoms with Crippen LogP contribution >= 0.6 is 11.8 Å². The minimum absolute atomic E-state index is 0.467. The normalized spacial score (nSPS) is 42.9. The minimum Gasteiger partial charge on any atom is -0.391 e. The van der Waals surface area contributed by atoms with E-state index in [1.807, 2.05) is 14.1 Å². The number of amidine groups is 1. The minimum atomic E-state index is -1.50. The molecule has 1 fully saturated rings. The van der Waals surface area contributed by atoms with Crippen molar-refractivity contribution in [3.05, 3.63) is 0 Å². The van der Waals surface area contributed by atoms with Crippen molar-refractivity contribution in [1.29, 1.82) is 0 Å². The van der Waals surface area contributed by atoms with Gasteiger partial charge in [0.2, 0.25) is 0 Å². The lowest BCUT2D eigenvalue weighted by atomic mass is 9.97. The largest absolute Gasteiger partial charge is 0.391 e. The van der Waals surface area contributed by atoms with E-state index in [1.54, 1.807) is 4.90 Å². The average Bonchev–Trinajstić information content (AvgIpc) is 2.67. The molecule has 1 saturated heterocycles. The third-order valence-electron chi connectivity index (χ3n) is 2.90. The number of alkyl halides is 1. The molecule has 2 aliphatic rings. The number of thioether (sulfide) groups is 1. The predicted molar refractivity (Wildman–Crippen MR) is 63.7 cm³/mol. The van der Waals surface area contributed by atoms with Gasteiger partial charge in [0.05, 0.1) is 6.10 Å². The third kappa shape index (κ3) is 2.29. The molecule has 17 heavy (non-hydrogen) atoms. The first-order chi connectivity index (χ1) is 7.91. The maximum absolute atomic E-state index is 14.0. The summed E-state index contributed by atoms with van der Waals surface area (Å²) in [6, 6.07) is -0.692. The van der Waals surface area contributed by atoms with Crippen molar-refractivity contribution in [3.63, 3.8) is 0 Å². The maximum Gasteiger partial charge on any atom is 0.161 e. The molecule has 0 unspecified atom stereocenters. The molecule has 0 aromatic heterocycles. The van der Waals surface area contributed by atoms with E-state index in [4.69, 9.17) is 4.74 Å². The summed E-state index contributed by atoms with van der Waals surface area (Å²) in [6.45, 7) is 1.48. The van der Waals surface area contributed by atoms with Crippen LogP contribution in [-0.2, 0) is 4.74 Å². The Labute approximate surface area is 104 Å². The highest BCUT2D eigenvalue weighted by Crippen LogP contribution is 2.38. The van der Waals surface area contributed by atoms with Crippen LogP contribution in [0.1, 0.15) is 6.92 Å². The molecule has 0 saturated carbocycles. The fourth-order valence-electron chi connectivity index (χ4n) is 1.96. The van der Waals surface area contributed by atoms with Crippen LogP contribution in [0.4, 0.5) is 4.39 Å². The fourth-order valence-corrected chi connectivity index (χ4v) is 3.10. The van der Waals surface area contributed by atoms with Gasteiger partial charge in [0.25, 0.3) is 0 Å².